The summed E-state index contributed by atoms with van der Waals surface area (Å²) in [4.78, 5) is 21.3. The molecule has 13 heteroatoms. The molecule has 0 radical (unpaired) electrons. The molecule has 0 unspecified atom stereocenters. The van der Waals surface area contributed by atoms with Gasteiger partial charge in [-0.05, 0) is 48.9 Å². The van der Waals surface area contributed by atoms with Crippen LogP contribution in [0.1, 0.15) is 30.4 Å². The number of carbonyl (C=O) groups excluding carboxylic acids is 1. The molecule has 1 amide bonds. The molecule has 2 saturated heterocycles. The zero-order chi connectivity index (χ0) is 29.6. The number of halogens is 3. The topological polar surface area (TPSA) is 111 Å². The zero-order valence-corrected chi connectivity index (χ0v) is 23.4. The van der Waals surface area contributed by atoms with Gasteiger partial charge in [-0.25, -0.2) is 4.99 Å². The maximum atomic E-state index is 13.6. The van der Waals surface area contributed by atoms with Gasteiger partial charge < -0.3 is 39.8 Å². The van der Waals surface area contributed by atoms with Crippen molar-refractivity contribution in [2.24, 2.45) is 10.7 Å². The number of fused-ring (bicyclic) bond motifs is 1. The lowest BCUT2D eigenvalue weighted by Gasteiger charge is -2.38. The molecule has 1 aromatic carbocycles. The normalized spacial score (nSPS) is 22.8. The maximum absolute atomic E-state index is 13.6. The lowest BCUT2D eigenvalue weighted by atomic mass is 9.98. The number of piperidine rings is 1. The van der Waals surface area contributed by atoms with E-state index in [2.05, 4.69) is 21.6 Å². The second kappa shape index (κ2) is 13.6. The molecule has 41 heavy (non-hydrogen) atoms. The van der Waals surface area contributed by atoms with Gasteiger partial charge in [0.25, 0.3) is 5.91 Å². The van der Waals surface area contributed by atoms with Crippen LogP contribution in [0, 0.1) is 0 Å². The number of hydrogen-bond donors (Lipinski definition) is 2. The van der Waals surface area contributed by atoms with E-state index in [-0.39, 0.29) is 47.8 Å². The van der Waals surface area contributed by atoms with Gasteiger partial charge in [0.05, 0.1) is 31.9 Å². The highest BCUT2D eigenvalue weighted by Crippen LogP contribution is 2.31. The van der Waals surface area contributed by atoms with Crippen LogP contribution in [0.3, 0.4) is 0 Å². The van der Waals surface area contributed by atoms with E-state index in [0.717, 1.165) is 31.2 Å². The van der Waals surface area contributed by atoms with Gasteiger partial charge in [-0.3, -0.25) is 4.79 Å². The van der Waals surface area contributed by atoms with Crippen molar-refractivity contribution in [3.05, 3.63) is 53.1 Å². The Morgan fingerprint density at radius 2 is 1.93 bits per heavy atom. The van der Waals surface area contributed by atoms with Crippen LogP contribution in [0.2, 0.25) is 0 Å². The molecule has 4 rings (SSSR count). The first-order chi connectivity index (χ1) is 19.6. The van der Waals surface area contributed by atoms with Crippen molar-refractivity contribution in [3.63, 3.8) is 0 Å². The number of nitrogens with one attached hydrogen (secondary N) is 1. The Bertz CT molecular complexity index is 1150. The molecule has 0 spiro atoms. The first-order valence-electron chi connectivity index (χ1n) is 13.6. The second-order valence-electron chi connectivity index (χ2n) is 10.2. The summed E-state index contributed by atoms with van der Waals surface area (Å²) in [6.07, 6.45) is -0.796. The second-order valence-corrected chi connectivity index (χ2v) is 10.2. The number of nitrogens with two attached hydrogens (primary N) is 1. The van der Waals surface area contributed by atoms with E-state index in [1.54, 1.807) is 18.1 Å². The molecule has 1 aromatic rings. The van der Waals surface area contributed by atoms with Gasteiger partial charge in [0.2, 0.25) is 0 Å². The molecule has 2 fully saturated rings. The molecule has 226 valence electrons. The smallest absolute Gasteiger partial charge is 0.492 e. The predicted octanol–water partition coefficient (Wildman–Crippen LogP) is 2.69. The molecule has 10 nitrogen and oxygen atoms in total. The van der Waals surface area contributed by atoms with Gasteiger partial charge in [0.15, 0.2) is 11.5 Å². The van der Waals surface area contributed by atoms with Crippen LogP contribution in [0.5, 0.6) is 5.75 Å². The largest absolute Gasteiger partial charge is 0.573 e. The van der Waals surface area contributed by atoms with E-state index in [4.69, 9.17) is 19.9 Å². The predicted molar refractivity (Wildman–Crippen MR) is 146 cm³/mol. The Labute approximate surface area is 237 Å². The Hall–Kier alpha value is -3.29. The van der Waals surface area contributed by atoms with Crippen LogP contribution in [-0.4, -0.2) is 93.7 Å². The first-order valence-corrected chi connectivity index (χ1v) is 13.6. The van der Waals surface area contributed by atoms with E-state index in [0.29, 0.717) is 50.5 Å². The number of rotatable bonds is 9. The van der Waals surface area contributed by atoms with Crippen molar-refractivity contribution in [2.45, 2.75) is 56.8 Å². The van der Waals surface area contributed by atoms with E-state index in [1.165, 1.54) is 19.2 Å². The van der Waals surface area contributed by atoms with Crippen LogP contribution in [0.25, 0.3) is 0 Å². The van der Waals surface area contributed by atoms with E-state index < -0.39 is 6.36 Å². The Kier molecular flexibility index (Phi) is 10.2. The average Bonchev–Trinajstić information content (AvgIpc) is 2.96. The van der Waals surface area contributed by atoms with Crippen molar-refractivity contribution in [2.75, 3.05) is 47.1 Å². The Balaban J connectivity index is 1.44. The molecule has 0 aliphatic carbocycles. The van der Waals surface area contributed by atoms with Gasteiger partial charge in [-0.2, -0.15) is 0 Å². The standard InChI is InChI=1S/C28H38F3N5O5/c1-18(36-10-6-19-4-5-22(14-20(19)15-36)41-28(29,30)31)26(39-3)25(33-17-32)27(37)35-11-7-21(8-12-35)34-23-9-13-40-16-24(23)38-2/h4-5,14,17,21,23-24,34H,1,6-13,15-16H2,2-3H3,(H2,32,33)/b26-25+/t23-,24+/m1/s1. The lowest BCUT2D eigenvalue weighted by molar-refractivity contribution is -0.274. The summed E-state index contributed by atoms with van der Waals surface area (Å²) in [5.41, 5.74) is 7.61. The van der Waals surface area contributed by atoms with Crippen LogP contribution in [0.4, 0.5) is 13.2 Å². The van der Waals surface area contributed by atoms with Crippen LogP contribution >= 0.6 is 0 Å². The van der Waals surface area contributed by atoms with Gasteiger partial charge in [0, 0.05) is 52.0 Å². The molecule has 0 saturated carbocycles. The summed E-state index contributed by atoms with van der Waals surface area (Å²) in [6, 6.07) is 4.75. The summed E-state index contributed by atoms with van der Waals surface area (Å²) in [5, 5.41) is 3.67. The number of aliphatic imine (C=N–C) groups is 1. The highest BCUT2D eigenvalue weighted by atomic mass is 19.4. The summed E-state index contributed by atoms with van der Waals surface area (Å²) < 4.78 is 59.0. The van der Waals surface area contributed by atoms with Crippen LogP contribution < -0.4 is 15.8 Å². The Morgan fingerprint density at radius 3 is 2.59 bits per heavy atom. The van der Waals surface area contributed by atoms with Gasteiger partial charge in [0.1, 0.15) is 5.75 Å². The van der Waals surface area contributed by atoms with Gasteiger partial charge in [-0.1, -0.05) is 12.6 Å². The molecular weight excluding hydrogens is 543 g/mol. The summed E-state index contributed by atoms with van der Waals surface area (Å²) in [6.45, 7) is 7.21. The number of carbonyl (C=O) groups is 1. The van der Waals surface area contributed by atoms with E-state index >= 15 is 0 Å². The molecule has 3 aliphatic rings. The number of likely N-dealkylation sites (tertiary alicyclic amines) is 1. The lowest BCUT2D eigenvalue weighted by Crippen LogP contribution is -2.54. The third kappa shape index (κ3) is 7.72. The van der Waals surface area contributed by atoms with Gasteiger partial charge in [-0.15, -0.1) is 13.2 Å². The van der Waals surface area contributed by atoms with Crippen molar-refractivity contribution >= 4 is 12.2 Å². The number of hydrogen-bond acceptors (Lipinski definition) is 8. The highest BCUT2D eigenvalue weighted by molar-refractivity contribution is 5.95. The SMILES string of the molecule is C=C(/C(OC)=C(\N=CN)C(=O)N1CCC(N[C@@H]2CCOC[C@@H]2OC)CC1)N1CCc2ccc(OC(F)(F)F)cc2C1. The monoisotopic (exact) mass is 581 g/mol. The van der Waals surface area contributed by atoms with E-state index in [1.807, 2.05) is 4.90 Å². The summed E-state index contributed by atoms with van der Waals surface area (Å²) >= 11 is 0. The molecule has 3 heterocycles. The third-order valence-corrected chi connectivity index (χ3v) is 7.73. The minimum Gasteiger partial charge on any atom is -0.492 e. The quantitative estimate of drug-likeness (QED) is 0.151. The maximum Gasteiger partial charge on any atom is 0.573 e. The molecule has 3 aliphatic heterocycles. The van der Waals surface area contributed by atoms with Crippen LogP contribution in [-0.2, 0) is 32.0 Å². The minimum absolute atomic E-state index is 0.00221. The van der Waals surface area contributed by atoms with Crippen LogP contribution in [0.15, 0.2) is 46.9 Å². The summed E-state index contributed by atoms with van der Waals surface area (Å²) in [5.74, 6) is -0.460. The summed E-state index contributed by atoms with van der Waals surface area (Å²) in [7, 11) is 3.11. The Morgan fingerprint density at radius 1 is 1.17 bits per heavy atom. The number of amides is 1. The minimum atomic E-state index is -4.78. The number of methoxy groups -OCH3 is 2. The van der Waals surface area contributed by atoms with Gasteiger partial charge >= 0.3 is 6.36 Å². The van der Waals surface area contributed by atoms with Crippen molar-refractivity contribution in [1.29, 1.82) is 0 Å². The fourth-order valence-electron chi connectivity index (χ4n) is 5.58. The number of ether oxygens (including phenoxy) is 4. The molecule has 0 bridgehead atoms. The average molecular weight is 582 g/mol. The van der Waals surface area contributed by atoms with Crippen molar-refractivity contribution in [1.82, 2.24) is 15.1 Å². The fraction of sp³-hybridized carbons (Fsp3) is 0.571. The fourth-order valence-corrected chi connectivity index (χ4v) is 5.58. The third-order valence-electron chi connectivity index (χ3n) is 7.73. The number of benzene rings is 1. The molecule has 3 N–H and O–H groups in total. The van der Waals surface area contributed by atoms with Crippen molar-refractivity contribution in [3.8, 4) is 5.75 Å². The first kappa shape index (κ1) is 30.7. The molecule has 2 atom stereocenters. The van der Waals surface area contributed by atoms with Crippen molar-refractivity contribution < 1.29 is 36.9 Å². The highest BCUT2D eigenvalue weighted by Gasteiger charge is 2.34. The number of alkyl halides is 3. The van der Waals surface area contributed by atoms with E-state index in [9.17, 15) is 18.0 Å². The number of nitrogens with zero attached hydrogens (tertiary/aromatic N) is 3. The molecular formula is C28H38F3N5O5. The molecule has 0 aromatic heterocycles. The zero-order valence-electron chi connectivity index (χ0n) is 23.4.